The fraction of sp³-hybridized carbons (Fsp3) is 0.400. The Hall–Kier alpha value is -1.19. The molecule has 0 fully saturated rings. The minimum absolute atomic E-state index is 1.05. The number of benzene rings is 1. The Balaban J connectivity index is 2.16. The molecule has 0 saturated carbocycles. The molecule has 0 amide bonds. The summed E-state index contributed by atoms with van der Waals surface area (Å²) in [6.07, 6.45) is 2.20. The Labute approximate surface area is 113 Å². The highest BCUT2D eigenvalue weighted by Gasteiger charge is 2.07. The van der Waals surface area contributed by atoms with Crippen LogP contribution < -0.4 is 5.32 Å². The lowest BCUT2D eigenvalue weighted by atomic mass is 10.1. The Morgan fingerprint density at radius 2 is 2.11 bits per heavy atom. The lowest BCUT2D eigenvalue weighted by molar-refractivity contribution is 0.718. The van der Waals surface area contributed by atoms with E-state index in [4.69, 9.17) is 4.98 Å². The average Bonchev–Trinajstić information content (AvgIpc) is 2.81. The largest absolute Gasteiger partial charge is 0.320 e. The maximum Gasteiger partial charge on any atom is 0.123 e. The van der Waals surface area contributed by atoms with Crippen molar-refractivity contribution in [1.29, 1.82) is 0 Å². The minimum atomic E-state index is 1.05. The summed E-state index contributed by atoms with van der Waals surface area (Å²) in [4.78, 5) is 4.74. The quantitative estimate of drug-likeness (QED) is 0.831. The van der Waals surface area contributed by atoms with E-state index in [-0.39, 0.29) is 0 Å². The molecule has 0 bridgehead atoms. The number of rotatable bonds is 5. The summed E-state index contributed by atoms with van der Waals surface area (Å²) < 4.78 is 0. The van der Waals surface area contributed by atoms with Crippen LogP contribution in [0.5, 0.6) is 0 Å². The zero-order valence-electron chi connectivity index (χ0n) is 11.3. The zero-order valence-corrected chi connectivity index (χ0v) is 12.1. The fourth-order valence-corrected chi connectivity index (χ4v) is 2.89. The summed E-state index contributed by atoms with van der Waals surface area (Å²) in [5, 5.41) is 6.50. The highest BCUT2D eigenvalue weighted by molar-refractivity contribution is 7.13. The molecule has 0 aliphatic rings. The number of nitrogens with one attached hydrogen (secondary N) is 1. The van der Waals surface area contributed by atoms with Gasteiger partial charge in [-0.2, -0.15) is 0 Å². The summed E-state index contributed by atoms with van der Waals surface area (Å²) in [5.41, 5.74) is 5.09. The van der Waals surface area contributed by atoms with Crippen LogP contribution in [-0.2, 0) is 6.42 Å². The average molecular weight is 260 g/mol. The second-order valence-corrected chi connectivity index (χ2v) is 5.53. The van der Waals surface area contributed by atoms with Gasteiger partial charge in [0.25, 0.3) is 0 Å². The third-order valence-corrected chi connectivity index (χ3v) is 3.96. The van der Waals surface area contributed by atoms with E-state index < -0.39 is 0 Å². The van der Waals surface area contributed by atoms with Crippen LogP contribution in [0.4, 0.5) is 0 Å². The van der Waals surface area contributed by atoms with Gasteiger partial charge in [-0.15, -0.1) is 11.3 Å². The molecule has 2 rings (SSSR count). The molecule has 2 nitrogen and oxygen atoms in total. The maximum atomic E-state index is 4.74. The molecule has 2 aromatic rings. The van der Waals surface area contributed by atoms with Crippen LogP contribution in [0.1, 0.15) is 23.2 Å². The molecule has 3 heteroatoms. The maximum absolute atomic E-state index is 4.74. The van der Waals surface area contributed by atoms with Gasteiger partial charge in [-0.05, 0) is 51.9 Å². The Morgan fingerprint density at radius 3 is 2.89 bits per heavy atom. The SMILES string of the molecule is CNCCCc1csc(-c2cc(C)ccc2C)n1. The second-order valence-electron chi connectivity index (χ2n) is 4.67. The van der Waals surface area contributed by atoms with Crippen molar-refractivity contribution in [1.82, 2.24) is 10.3 Å². The van der Waals surface area contributed by atoms with Gasteiger partial charge in [-0.25, -0.2) is 4.98 Å². The first kappa shape index (κ1) is 13.2. The predicted molar refractivity (Wildman–Crippen MR) is 79.3 cm³/mol. The number of hydrogen-bond acceptors (Lipinski definition) is 3. The van der Waals surface area contributed by atoms with E-state index >= 15 is 0 Å². The van der Waals surface area contributed by atoms with Gasteiger partial charge in [-0.1, -0.05) is 17.7 Å². The first-order valence-electron chi connectivity index (χ1n) is 6.37. The molecule has 1 N–H and O–H groups in total. The summed E-state index contributed by atoms with van der Waals surface area (Å²) >= 11 is 1.75. The normalized spacial score (nSPS) is 10.8. The molecule has 1 heterocycles. The third-order valence-electron chi connectivity index (χ3n) is 3.03. The van der Waals surface area contributed by atoms with Gasteiger partial charge in [0.2, 0.25) is 0 Å². The molecule has 1 aromatic heterocycles. The van der Waals surface area contributed by atoms with E-state index in [0.29, 0.717) is 0 Å². The van der Waals surface area contributed by atoms with Crippen molar-refractivity contribution >= 4 is 11.3 Å². The topological polar surface area (TPSA) is 24.9 Å². The van der Waals surface area contributed by atoms with Crippen LogP contribution in [0.15, 0.2) is 23.6 Å². The Bertz CT molecular complexity index is 517. The van der Waals surface area contributed by atoms with Crippen LogP contribution in [0.25, 0.3) is 10.6 Å². The number of nitrogens with zero attached hydrogens (tertiary/aromatic N) is 1. The van der Waals surface area contributed by atoms with Gasteiger partial charge < -0.3 is 5.32 Å². The van der Waals surface area contributed by atoms with Crippen molar-refractivity contribution in [3.63, 3.8) is 0 Å². The predicted octanol–water partition coefficient (Wildman–Crippen LogP) is 3.58. The lowest BCUT2D eigenvalue weighted by Crippen LogP contribution is -2.08. The summed E-state index contributed by atoms with van der Waals surface area (Å²) in [6, 6.07) is 6.55. The van der Waals surface area contributed by atoms with Crippen molar-refractivity contribution in [2.24, 2.45) is 0 Å². The van der Waals surface area contributed by atoms with Gasteiger partial charge in [0.05, 0.1) is 5.69 Å². The van der Waals surface area contributed by atoms with Gasteiger partial charge in [-0.3, -0.25) is 0 Å². The van der Waals surface area contributed by atoms with E-state index in [0.717, 1.165) is 24.4 Å². The summed E-state index contributed by atoms with van der Waals surface area (Å²) in [6.45, 7) is 5.33. The van der Waals surface area contributed by atoms with Gasteiger partial charge in [0.1, 0.15) is 5.01 Å². The lowest BCUT2D eigenvalue weighted by Gasteiger charge is -2.03. The first-order chi connectivity index (χ1) is 8.70. The molecule has 0 atom stereocenters. The zero-order chi connectivity index (χ0) is 13.0. The van der Waals surface area contributed by atoms with Gasteiger partial charge >= 0.3 is 0 Å². The summed E-state index contributed by atoms with van der Waals surface area (Å²) in [5.74, 6) is 0. The summed E-state index contributed by atoms with van der Waals surface area (Å²) in [7, 11) is 1.99. The second kappa shape index (κ2) is 6.12. The molecule has 0 aliphatic heterocycles. The monoisotopic (exact) mass is 260 g/mol. The number of aromatic nitrogens is 1. The highest BCUT2D eigenvalue weighted by Crippen LogP contribution is 2.28. The molecule has 1 aromatic carbocycles. The minimum Gasteiger partial charge on any atom is -0.320 e. The van der Waals surface area contributed by atoms with E-state index in [9.17, 15) is 0 Å². The third kappa shape index (κ3) is 3.18. The molecular formula is C15H20N2S. The van der Waals surface area contributed by atoms with E-state index in [1.54, 1.807) is 11.3 Å². The molecule has 0 saturated heterocycles. The molecule has 0 radical (unpaired) electrons. The van der Waals surface area contributed by atoms with E-state index in [1.807, 2.05) is 7.05 Å². The van der Waals surface area contributed by atoms with E-state index in [2.05, 4.69) is 42.7 Å². The van der Waals surface area contributed by atoms with Crippen molar-refractivity contribution < 1.29 is 0 Å². The first-order valence-corrected chi connectivity index (χ1v) is 7.25. The Kier molecular flexibility index (Phi) is 4.50. The molecule has 96 valence electrons. The fourth-order valence-electron chi connectivity index (χ4n) is 1.96. The van der Waals surface area contributed by atoms with Crippen molar-refractivity contribution in [3.05, 3.63) is 40.4 Å². The van der Waals surface area contributed by atoms with Gasteiger partial charge in [0.15, 0.2) is 0 Å². The van der Waals surface area contributed by atoms with Crippen molar-refractivity contribution in [3.8, 4) is 10.6 Å². The van der Waals surface area contributed by atoms with Crippen LogP contribution in [-0.4, -0.2) is 18.6 Å². The van der Waals surface area contributed by atoms with Crippen LogP contribution in [0.2, 0.25) is 0 Å². The molecule has 0 unspecified atom stereocenters. The van der Waals surface area contributed by atoms with Crippen molar-refractivity contribution in [2.45, 2.75) is 26.7 Å². The molecule has 18 heavy (non-hydrogen) atoms. The highest BCUT2D eigenvalue weighted by atomic mass is 32.1. The number of thiazole rings is 1. The van der Waals surface area contributed by atoms with Gasteiger partial charge in [0, 0.05) is 10.9 Å². The molecule has 0 spiro atoms. The van der Waals surface area contributed by atoms with E-state index in [1.165, 1.54) is 22.4 Å². The van der Waals surface area contributed by atoms with Crippen LogP contribution in [0.3, 0.4) is 0 Å². The molecular weight excluding hydrogens is 240 g/mol. The van der Waals surface area contributed by atoms with Crippen LogP contribution >= 0.6 is 11.3 Å². The van der Waals surface area contributed by atoms with Crippen LogP contribution in [0, 0.1) is 13.8 Å². The molecule has 0 aliphatic carbocycles. The number of aryl methyl sites for hydroxylation is 3. The van der Waals surface area contributed by atoms with Crippen molar-refractivity contribution in [2.75, 3.05) is 13.6 Å². The number of hydrogen-bond donors (Lipinski definition) is 1. The Morgan fingerprint density at radius 1 is 1.28 bits per heavy atom. The smallest absolute Gasteiger partial charge is 0.123 e. The standard InChI is InChI=1S/C15H20N2S/c1-11-6-7-12(2)14(9-11)15-17-13(10-18-15)5-4-8-16-3/h6-7,9-10,16H,4-5,8H2,1-3H3.